The first-order valence-electron chi connectivity index (χ1n) is 8.46. The van der Waals surface area contributed by atoms with Crippen LogP contribution in [0.1, 0.15) is 58.9 Å². The topological polar surface area (TPSA) is 41.1 Å². The van der Waals surface area contributed by atoms with Gasteiger partial charge in [-0.05, 0) is 41.9 Å². The zero-order valence-electron chi connectivity index (χ0n) is 14.8. The second-order valence-electron chi connectivity index (χ2n) is 7.62. The molecule has 4 heteroatoms. The highest BCUT2D eigenvalue weighted by molar-refractivity contribution is 5.88. The van der Waals surface area contributed by atoms with Gasteiger partial charge in [-0.15, -0.1) is 12.4 Å². The van der Waals surface area contributed by atoms with Crippen molar-refractivity contribution in [2.75, 3.05) is 5.32 Å². The number of benzene rings is 1. The maximum atomic E-state index is 11.0. The number of carbonyl (C=O) groups is 1. The first kappa shape index (κ1) is 20.0. The quantitative estimate of drug-likeness (QED) is 0.830. The Morgan fingerprint density at radius 1 is 1.13 bits per heavy atom. The highest BCUT2D eigenvalue weighted by Gasteiger charge is 2.33. The van der Waals surface area contributed by atoms with Crippen LogP contribution in [0.25, 0.3) is 0 Å². The van der Waals surface area contributed by atoms with Crippen molar-refractivity contribution < 1.29 is 4.79 Å². The fourth-order valence-electron chi connectivity index (χ4n) is 3.57. The molecule has 1 amide bonds. The molecule has 0 saturated heterocycles. The fraction of sp³-hybridized carbons (Fsp3) is 0.632. The second-order valence-corrected chi connectivity index (χ2v) is 7.62. The Hall–Kier alpha value is -1.06. The Balaban J connectivity index is 0.00000264. The molecule has 2 unspecified atom stereocenters. The molecule has 130 valence electrons. The number of carbonyl (C=O) groups excluding carboxylic acids is 1. The van der Waals surface area contributed by atoms with Gasteiger partial charge in [0, 0.05) is 25.2 Å². The molecule has 1 aromatic carbocycles. The van der Waals surface area contributed by atoms with Gasteiger partial charge in [-0.1, -0.05) is 45.7 Å². The van der Waals surface area contributed by atoms with Crippen molar-refractivity contribution in [1.29, 1.82) is 0 Å². The van der Waals surface area contributed by atoms with Crippen LogP contribution in [0, 0.1) is 11.3 Å². The van der Waals surface area contributed by atoms with Gasteiger partial charge in [-0.25, -0.2) is 0 Å². The lowest BCUT2D eigenvalue weighted by atomic mass is 9.69. The minimum absolute atomic E-state index is 0. The SMILES string of the molecule is CC(=O)Nc1ccc(CNC2CCCCC2C(C)(C)C)cc1.Cl. The third-order valence-electron chi connectivity index (χ3n) is 4.72. The molecule has 2 rings (SSSR count). The molecule has 2 atom stereocenters. The third-order valence-corrected chi connectivity index (χ3v) is 4.72. The molecule has 0 aromatic heterocycles. The van der Waals surface area contributed by atoms with E-state index in [1.165, 1.54) is 38.2 Å². The van der Waals surface area contributed by atoms with Crippen LogP contribution in [0.4, 0.5) is 5.69 Å². The second kappa shape index (κ2) is 8.70. The highest BCUT2D eigenvalue weighted by atomic mass is 35.5. The van der Waals surface area contributed by atoms with Crippen LogP contribution in [-0.2, 0) is 11.3 Å². The summed E-state index contributed by atoms with van der Waals surface area (Å²) in [5, 5.41) is 6.57. The summed E-state index contributed by atoms with van der Waals surface area (Å²) in [6.07, 6.45) is 5.33. The number of rotatable bonds is 4. The van der Waals surface area contributed by atoms with E-state index in [1.807, 2.05) is 12.1 Å². The number of nitrogens with one attached hydrogen (secondary N) is 2. The first-order chi connectivity index (χ1) is 10.4. The van der Waals surface area contributed by atoms with Gasteiger partial charge >= 0.3 is 0 Å². The molecule has 0 radical (unpaired) electrons. The largest absolute Gasteiger partial charge is 0.326 e. The molecule has 0 spiro atoms. The Morgan fingerprint density at radius 2 is 1.74 bits per heavy atom. The molecule has 0 bridgehead atoms. The lowest BCUT2D eigenvalue weighted by Gasteiger charge is -2.41. The van der Waals surface area contributed by atoms with Crippen molar-refractivity contribution in [3.63, 3.8) is 0 Å². The van der Waals surface area contributed by atoms with Crippen molar-refractivity contribution in [3.05, 3.63) is 29.8 Å². The van der Waals surface area contributed by atoms with E-state index >= 15 is 0 Å². The summed E-state index contributed by atoms with van der Waals surface area (Å²) in [5.41, 5.74) is 2.50. The Labute approximate surface area is 147 Å². The summed E-state index contributed by atoms with van der Waals surface area (Å²) in [7, 11) is 0. The monoisotopic (exact) mass is 338 g/mol. The van der Waals surface area contributed by atoms with Crippen molar-refractivity contribution >= 4 is 24.0 Å². The zero-order valence-corrected chi connectivity index (χ0v) is 15.6. The molecular formula is C19H31ClN2O. The lowest BCUT2D eigenvalue weighted by Crippen LogP contribution is -2.43. The number of hydrogen-bond acceptors (Lipinski definition) is 2. The number of halogens is 1. The average molecular weight is 339 g/mol. The fourth-order valence-corrected chi connectivity index (χ4v) is 3.57. The van der Waals surface area contributed by atoms with Crippen molar-refractivity contribution in [2.45, 2.75) is 66.0 Å². The Bertz CT molecular complexity index is 493. The van der Waals surface area contributed by atoms with Crippen LogP contribution in [0.2, 0.25) is 0 Å². The molecular weight excluding hydrogens is 308 g/mol. The van der Waals surface area contributed by atoms with E-state index in [-0.39, 0.29) is 18.3 Å². The predicted molar refractivity (Wildman–Crippen MR) is 100 cm³/mol. The van der Waals surface area contributed by atoms with Gasteiger partial charge in [-0.3, -0.25) is 4.79 Å². The van der Waals surface area contributed by atoms with E-state index in [2.05, 4.69) is 43.5 Å². The van der Waals surface area contributed by atoms with E-state index in [1.54, 1.807) is 0 Å². The minimum atomic E-state index is -0.0268. The van der Waals surface area contributed by atoms with E-state index in [0.29, 0.717) is 11.5 Å². The van der Waals surface area contributed by atoms with Gasteiger partial charge in [0.1, 0.15) is 0 Å². The summed E-state index contributed by atoms with van der Waals surface area (Å²) < 4.78 is 0. The minimum Gasteiger partial charge on any atom is -0.326 e. The van der Waals surface area contributed by atoms with Crippen LogP contribution >= 0.6 is 12.4 Å². The van der Waals surface area contributed by atoms with Gasteiger partial charge in [0.2, 0.25) is 5.91 Å². The molecule has 1 aliphatic carbocycles. The Morgan fingerprint density at radius 3 is 2.30 bits per heavy atom. The molecule has 3 nitrogen and oxygen atoms in total. The summed E-state index contributed by atoms with van der Waals surface area (Å²) in [6, 6.07) is 8.74. The van der Waals surface area contributed by atoms with Crippen molar-refractivity contribution in [1.82, 2.24) is 5.32 Å². The molecule has 1 saturated carbocycles. The third kappa shape index (κ3) is 6.15. The van der Waals surface area contributed by atoms with Crippen molar-refractivity contribution in [3.8, 4) is 0 Å². The summed E-state index contributed by atoms with van der Waals surface area (Å²) >= 11 is 0. The lowest BCUT2D eigenvalue weighted by molar-refractivity contribution is -0.114. The molecule has 2 N–H and O–H groups in total. The summed E-state index contributed by atoms with van der Waals surface area (Å²) in [4.78, 5) is 11.0. The number of anilines is 1. The van der Waals surface area contributed by atoms with Gasteiger partial charge in [0.05, 0.1) is 0 Å². The van der Waals surface area contributed by atoms with Gasteiger partial charge in [0.25, 0.3) is 0 Å². The van der Waals surface area contributed by atoms with E-state index < -0.39 is 0 Å². The van der Waals surface area contributed by atoms with Crippen LogP contribution in [-0.4, -0.2) is 11.9 Å². The Kier molecular flexibility index (Phi) is 7.56. The van der Waals surface area contributed by atoms with E-state index in [0.717, 1.165) is 18.2 Å². The molecule has 1 aromatic rings. The molecule has 23 heavy (non-hydrogen) atoms. The predicted octanol–water partition coefficient (Wildman–Crippen LogP) is 4.76. The van der Waals surface area contributed by atoms with Gasteiger partial charge < -0.3 is 10.6 Å². The summed E-state index contributed by atoms with van der Waals surface area (Å²) in [6.45, 7) is 9.52. The smallest absolute Gasteiger partial charge is 0.221 e. The van der Waals surface area contributed by atoms with Crippen LogP contribution in [0.3, 0.4) is 0 Å². The first-order valence-corrected chi connectivity index (χ1v) is 8.46. The zero-order chi connectivity index (χ0) is 16.2. The maximum absolute atomic E-state index is 11.0. The molecule has 0 aliphatic heterocycles. The molecule has 1 fully saturated rings. The van der Waals surface area contributed by atoms with Gasteiger partial charge in [-0.2, -0.15) is 0 Å². The van der Waals surface area contributed by atoms with Crippen LogP contribution < -0.4 is 10.6 Å². The standard InChI is InChI=1S/C19H30N2O.ClH/c1-14(22)21-16-11-9-15(10-12-16)13-20-18-8-6-5-7-17(18)19(2,3)4;/h9-12,17-18,20H,5-8,13H2,1-4H3,(H,21,22);1H. The molecule has 1 aliphatic rings. The van der Waals surface area contributed by atoms with Crippen LogP contribution in [0.5, 0.6) is 0 Å². The summed E-state index contributed by atoms with van der Waals surface area (Å²) in [5.74, 6) is 0.723. The average Bonchev–Trinajstić information content (AvgIpc) is 2.45. The van der Waals surface area contributed by atoms with E-state index in [4.69, 9.17) is 0 Å². The number of amides is 1. The van der Waals surface area contributed by atoms with Crippen molar-refractivity contribution in [2.24, 2.45) is 11.3 Å². The number of hydrogen-bond donors (Lipinski definition) is 2. The normalized spacial score (nSPS) is 21.4. The molecule has 0 heterocycles. The van der Waals surface area contributed by atoms with Crippen LogP contribution in [0.15, 0.2) is 24.3 Å². The highest BCUT2D eigenvalue weighted by Crippen LogP contribution is 2.38. The van der Waals surface area contributed by atoms with E-state index in [9.17, 15) is 4.79 Å². The maximum Gasteiger partial charge on any atom is 0.221 e. The van der Waals surface area contributed by atoms with Gasteiger partial charge in [0.15, 0.2) is 0 Å².